The maximum Gasteiger partial charge on any atom is 0.345 e. The summed E-state index contributed by atoms with van der Waals surface area (Å²) in [5.41, 5.74) is -0.546. The van der Waals surface area contributed by atoms with Crippen molar-refractivity contribution in [2.24, 2.45) is 0 Å². The molecule has 0 unspecified atom stereocenters. The zero-order chi connectivity index (χ0) is 20.3. The molecule has 9 heteroatoms. The van der Waals surface area contributed by atoms with Crippen LogP contribution in [0.25, 0.3) is 0 Å². The summed E-state index contributed by atoms with van der Waals surface area (Å²) in [5, 5.41) is 12.0. The average molecular weight is 445 g/mol. The Morgan fingerprint density at radius 2 is 1.68 bits per heavy atom. The Morgan fingerprint density at radius 1 is 1.04 bits per heavy atom. The zero-order valence-corrected chi connectivity index (χ0v) is 16.9. The molecule has 6 nitrogen and oxygen atoms in total. The number of benzene rings is 2. The second-order valence-corrected chi connectivity index (χ2v) is 7.65. The van der Waals surface area contributed by atoms with E-state index in [0.29, 0.717) is 5.02 Å². The van der Waals surface area contributed by atoms with E-state index in [-0.39, 0.29) is 38.9 Å². The summed E-state index contributed by atoms with van der Waals surface area (Å²) in [4.78, 5) is 23.3. The first kappa shape index (κ1) is 20.7. The largest absolute Gasteiger partial charge is 0.459 e. The van der Waals surface area contributed by atoms with Gasteiger partial charge in [-0.25, -0.2) is 4.79 Å². The molecule has 0 radical (unpaired) electrons. The molecular weight excluding hydrogens is 429 g/mol. The van der Waals surface area contributed by atoms with Crippen LogP contribution in [-0.4, -0.2) is 17.0 Å². The number of esters is 1. The van der Waals surface area contributed by atoms with Crippen molar-refractivity contribution in [3.8, 4) is 11.5 Å². The first-order chi connectivity index (χ1) is 13.3. The summed E-state index contributed by atoms with van der Waals surface area (Å²) >= 11 is 18.1. The fourth-order valence-corrected chi connectivity index (χ4v) is 3.94. The fourth-order valence-electron chi connectivity index (χ4n) is 3.04. The Bertz CT molecular complexity index is 889. The highest BCUT2D eigenvalue weighted by Gasteiger charge is 2.26. The molecule has 0 aliphatic heterocycles. The molecule has 0 saturated heterocycles. The van der Waals surface area contributed by atoms with Crippen LogP contribution in [0, 0.1) is 10.1 Å². The molecule has 0 N–H and O–H groups in total. The van der Waals surface area contributed by atoms with E-state index in [4.69, 9.17) is 44.3 Å². The molecule has 28 heavy (non-hydrogen) atoms. The van der Waals surface area contributed by atoms with Gasteiger partial charge in [-0.05, 0) is 43.9 Å². The third-order valence-electron chi connectivity index (χ3n) is 4.39. The molecule has 0 spiro atoms. The number of carbonyl (C=O) groups is 1. The zero-order valence-electron chi connectivity index (χ0n) is 14.6. The van der Waals surface area contributed by atoms with Gasteiger partial charge >= 0.3 is 5.97 Å². The van der Waals surface area contributed by atoms with Crippen LogP contribution >= 0.6 is 34.8 Å². The van der Waals surface area contributed by atoms with Crippen LogP contribution < -0.4 is 4.74 Å². The fraction of sp³-hybridized carbons (Fsp3) is 0.316. The number of nitro groups is 1. The molecular formula is C19H16Cl3NO5. The maximum atomic E-state index is 12.6. The third-order valence-corrected chi connectivity index (χ3v) is 5.17. The van der Waals surface area contributed by atoms with E-state index in [1.54, 1.807) is 0 Å². The number of nitro benzene ring substituents is 1. The summed E-state index contributed by atoms with van der Waals surface area (Å²) in [6.07, 6.45) is 4.32. The van der Waals surface area contributed by atoms with Crippen LogP contribution in [0.2, 0.25) is 15.1 Å². The molecule has 1 aliphatic rings. The Hall–Kier alpha value is -2.02. The molecule has 0 atom stereocenters. The lowest BCUT2D eigenvalue weighted by molar-refractivity contribution is -0.385. The van der Waals surface area contributed by atoms with Crippen LogP contribution in [-0.2, 0) is 4.74 Å². The molecule has 3 rings (SSSR count). The number of hydrogen-bond donors (Lipinski definition) is 0. The van der Waals surface area contributed by atoms with Crippen molar-refractivity contribution in [3.05, 3.63) is 61.1 Å². The molecule has 1 saturated carbocycles. The normalized spacial score (nSPS) is 14.5. The summed E-state index contributed by atoms with van der Waals surface area (Å²) in [5.74, 6) is -0.460. The summed E-state index contributed by atoms with van der Waals surface area (Å²) in [7, 11) is 0. The highest BCUT2D eigenvalue weighted by Crippen LogP contribution is 2.39. The predicted molar refractivity (Wildman–Crippen MR) is 107 cm³/mol. The van der Waals surface area contributed by atoms with Crippen molar-refractivity contribution in [2.45, 2.75) is 38.2 Å². The highest BCUT2D eigenvalue weighted by molar-refractivity contribution is 6.40. The second-order valence-electron chi connectivity index (χ2n) is 6.40. The number of carbonyl (C=O) groups excluding carboxylic acids is 1. The van der Waals surface area contributed by atoms with E-state index in [9.17, 15) is 14.9 Å². The van der Waals surface area contributed by atoms with E-state index in [1.807, 2.05) is 0 Å². The minimum Gasteiger partial charge on any atom is -0.459 e. The monoisotopic (exact) mass is 443 g/mol. The smallest absolute Gasteiger partial charge is 0.345 e. The molecule has 2 aromatic rings. The van der Waals surface area contributed by atoms with E-state index in [0.717, 1.165) is 32.1 Å². The van der Waals surface area contributed by atoms with Gasteiger partial charge in [0.25, 0.3) is 5.69 Å². The summed E-state index contributed by atoms with van der Waals surface area (Å²) in [6.45, 7) is 0. The van der Waals surface area contributed by atoms with Crippen molar-refractivity contribution in [1.82, 2.24) is 0 Å². The minimum absolute atomic E-state index is 0.133. The molecule has 148 valence electrons. The minimum atomic E-state index is -0.752. The number of nitrogens with zero attached hydrogens (tertiary/aromatic N) is 1. The Morgan fingerprint density at radius 3 is 2.29 bits per heavy atom. The Kier molecular flexibility index (Phi) is 6.65. The van der Waals surface area contributed by atoms with Gasteiger partial charge in [-0.15, -0.1) is 0 Å². The summed E-state index contributed by atoms with van der Waals surface area (Å²) < 4.78 is 11.1. The molecule has 1 aliphatic carbocycles. The van der Waals surface area contributed by atoms with Crippen molar-refractivity contribution in [2.75, 3.05) is 0 Å². The van der Waals surface area contributed by atoms with Gasteiger partial charge in [-0.1, -0.05) is 41.2 Å². The lowest BCUT2D eigenvalue weighted by Crippen LogP contribution is -2.21. The van der Waals surface area contributed by atoms with E-state index in [2.05, 4.69) is 0 Å². The van der Waals surface area contributed by atoms with Gasteiger partial charge in [0, 0.05) is 17.2 Å². The van der Waals surface area contributed by atoms with Gasteiger partial charge < -0.3 is 9.47 Å². The topological polar surface area (TPSA) is 78.7 Å². The van der Waals surface area contributed by atoms with E-state index in [1.165, 1.54) is 30.3 Å². The number of halogens is 3. The number of rotatable bonds is 5. The van der Waals surface area contributed by atoms with Gasteiger partial charge in [0.15, 0.2) is 5.75 Å². The first-order valence-electron chi connectivity index (χ1n) is 8.67. The van der Waals surface area contributed by atoms with Crippen LogP contribution in [0.4, 0.5) is 5.69 Å². The molecule has 0 aromatic heterocycles. The van der Waals surface area contributed by atoms with E-state index >= 15 is 0 Å². The molecule has 0 heterocycles. The summed E-state index contributed by atoms with van der Waals surface area (Å²) in [6, 6.07) is 6.70. The van der Waals surface area contributed by atoms with Gasteiger partial charge in [-0.3, -0.25) is 10.1 Å². The molecule has 1 fully saturated rings. The number of hydrogen-bond acceptors (Lipinski definition) is 5. The van der Waals surface area contributed by atoms with E-state index < -0.39 is 10.9 Å². The van der Waals surface area contributed by atoms with Gasteiger partial charge in [0.1, 0.15) is 17.4 Å². The predicted octanol–water partition coefficient (Wildman–Crippen LogP) is 6.84. The van der Waals surface area contributed by atoms with Gasteiger partial charge in [0.2, 0.25) is 0 Å². The standard InChI is InChI=1S/C19H16Cl3NO5/c20-11-8-15(21)18(16(22)9-11)27-13-6-7-17(23(25)26)14(10-13)19(24)28-12-4-2-1-3-5-12/h6-10,12H,1-5H2. The lowest BCUT2D eigenvalue weighted by atomic mass is 9.98. The highest BCUT2D eigenvalue weighted by atomic mass is 35.5. The number of ether oxygens (including phenoxy) is 2. The molecule has 0 bridgehead atoms. The Labute approximate surface area is 176 Å². The van der Waals surface area contributed by atoms with Crippen LogP contribution in [0.1, 0.15) is 42.5 Å². The SMILES string of the molecule is O=C(OC1CCCCC1)c1cc(Oc2c(Cl)cc(Cl)cc2Cl)ccc1[N+](=O)[O-]. The first-order valence-corrected chi connectivity index (χ1v) is 9.80. The van der Waals surface area contributed by atoms with Crippen molar-refractivity contribution >= 4 is 46.5 Å². The van der Waals surface area contributed by atoms with Gasteiger partial charge in [-0.2, -0.15) is 0 Å². The Balaban J connectivity index is 1.89. The van der Waals surface area contributed by atoms with Crippen molar-refractivity contribution in [3.63, 3.8) is 0 Å². The third kappa shape index (κ3) is 4.87. The quantitative estimate of drug-likeness (QED) is 0.287. The molecule has 0 amide bonds. The average Bonchev–Trinajstić information content (AvgIpc) is 2.65. The van der Waals surface area contributed by atoms with Crippen molar-refractivity contribution in [1.29, 1.82) is 0 Å². The maximum absolute atomic E-state index is 12.6. The van der Waals surface area contributed by atoms with Crippen LogP contribution in [0.5, 0.6) is 11.5 Å². The lowest BCUT2D eigenvalue weighted by Gasteiger charge is -2.21. The molecule has 2 aromatic carbocycles. The second kappa shape index (κ2) is 8.99. The van der Waals surface area contributed by atoms with Crippen molar-refractivity contribution < 1.29 is 19.2 Å². The van der Waals surface area contributed by atoms with Crippen LogP contribution in [0.3, 0.4) is 0 Å². The van der Waals surface area contributed by atoms with Crippen LogP contribution in [0.15, 0.2) is 30.3 Å². The van der Waals surface area contributed by atoms with Gasteiger partial charge in [0.05, 0.1) is 15.0 Å².